The second-order valence-corrected chi connectivity index (χ2v) is 6.75. The summed E-state index contributed by atoms with van der Waals surface area (Å²) in [6.45, 7) is 0. The number of hydrogen-bond acceptors (Lipinski definition) is 3. The lowest BCUT2D eigenvalue weighted by atomic mass is 9.89. The number of nitrogens with zero attached hydrogens (tertiary/aromatic N) is 1. The number of benzene rings is 1. The van der Waals surface area contributed by atoms with Gasteiger partial charge in [-0.25, -0.2) is 9.82 Å². The van der Waals surface area contributed by atoms with Crippen LogP contribution in [0.15, 0.2) is 28.2 Å². The maximum Gasteiger partial charge on any atom is 0.243 e. The Labute approximate surface area is 128 Å². The third-order valence-electron chi connectivity index (χ3n) is 4.13. The number of nitrogens with one attached hydrogen (secondary N) is 1. The Kier molecular flexibility index (Phi) is 4.58. The number of thioether (sulfide) groups is 1. The fourth-order valence-electron chi connectivity index (χ4n) is 2.94. The minimum Gasteiger partial charge on any atom is -0.273 e. The first-order valence-electron chi connectivity index (χ1n) is 7.53. The molecule has 0 unspecified atom stereocenters. The molecule has 21 heavy (non-hydrogen) atoms. The Morgan fingerprint density at radius 1 is 1.29 bits per heavy atom. The molecule has 0 aromatic heterocycles. The first-order valence-corrected chi connectivity index (χ1v) is 8.52. The maximum atomic E-state index is 13.4. The zero-order valence-corrected chi connectivity index (χ0v) is 12.7. The van der Waals surface area contributed by atoms with Gasteiger partial charge in [0.05, 0.1) is 5.71 Å². The van der Waals surface area contributed by atoms with E-state index in [1.54, 1.807) is 17.8 Å². The Hall–Kier alpha value is -1.36. The molecule has 3 rings (SSSR count). The van der Waals surface area contributed by atoms with E-state index in [2.05, 4.69) is 10.5 Å². The normalized spacial score (nSPS) is 21.1. The van der Waals surface area contributed by atoms with E-state index >= 15 is 0 Å². The van der Waals surface area contributed by atoms with E-state index in [0.717, 1.165) is 54.0 Å². The number of carbonyl (C=O) groups excluding carboxylic acids is 1. The molecule has 3 nitrogen and oxygen atoms in total. The van der Waals surface area contributed by atoms with Crippen molar-refractivity contribution in [2.45, 2.75) is 43.4 Å². The predicted octanol–water partition coefficient (Wildman–Crippen LogP) is 3.72. The van der Waals surface area contributed by atoms with E-state index in [-0.39, 0.29) is 17.6 Å². The summed E-state index contributed by atoms with van der Waals surface area (Å²) >= 11 is 1.70. The molecule has 1 fully saturated rings. The lowest BCUT2D eigenvalue weighted by Crippen LogP contribution is -2.29. The monoisotopic (exact) mass is 306 g/mol. The van der Waals surface area contributed by atoms with Crippen molar-refractivity contribution in [2.75, 3.05) is 5.75 Å². The molecule has 0 atom stereocenters. The Morgan fingerprint density at radius 3 is 2.90 bits per heavy atom. The van der Waals surface area contributed by atoms with Crippen LogP contribution in [0.3, 0.4) is 0 Å². The number of hydrogen-bond donors (Lipinski definition) is 1. The molecule has 5 heteroatoms. The smallest absolute Gasteiger partial charge is 0.243 e. The van der Waals surface area contributed by atoms with E-state index < -0.39 is 0 Å². The molecular formula is C16H19FN2OS. The molecule has 0 spiro atoms. The van der Waals surface area contributed by atoms with Gasteiger partial charge in [0.2, 0.25) is 5.91 Å². The van der Waals surface area contributed by atoms with Crippen molar-refractivity contribution >= 4 is 23.4 Å². The quantitative estimate of drug-likeness (QED) is 0.846. The van der Waals surface area contributed by atoms with Crippen molar-refractivity contribution in [1.82, 2.24) is 5.43 Å². The van der Waals surface area contributed by atoms with Crippen LogP contribution in [0, 0.1) is 11.7 Å². The van der Waals surface area contributed by atoms with Gasteiger partial charge in [-0.15, -0.1) is 11.8 Å². The van der Waals surface area contributed by atoms with Crippen LogP contribution in [0.2, 0.25) is 0 Å². The van der Waals surface area contributed by atoms with Gasteiger partial charge in [-0.3, -0.25) is 4.79 Å². The number of rotatable bonds is 2. The average Bonchev–Trinajstić information content (AvgIpc) is 2.53. The number of fused-ring (bicyclic) bond motifs is 1. The van der Waals surface area contributed by atoms with Gasteiger partial charge in [0.15, 0.2) is 0 Å². The molecule has 112 valence electrons. The molecule has 0 saturated heterocycles. The summed E-state index contributed by atoms with van der Waals surface area (Å²) < 4.78 is 13.4. The molecule has 1 saturated carbocycles. The van der Waals surface area contributed by atoms with E-state index in [4.69, 9.17) is 0 Å². The second kappa shape index (κ2) is 6.60. The minimum atomic E-state index is -0.262. The summed E-state index contributed by atoms with van der Waals surface area (Å²) in [5.41, 5.74) is 4.30. The van der Waals surface area contributed by atoms with Crippen molar-refractivity contribution in [3.8, 4) is 0 Å². The van der Waals surface area contributed by atoms with Gasteiger partial charge in [0.1, 0.15) is 5.82 Å². The molecular weight excluding hydrogens is 287 g/mol. The minimum absolute atomic E-state index is 0.0124. The largest absolute Gasteiger partial charge is 0.273 e. The van der Waals surface area contributed by atoms with Crippen LogP contribution in [-0.2, 0) is 4.79 Å². The molecule has 1 N–H and O–H groups in total. The van der Waals surface area contributed by atoms with E-state index in [1.807, 2.05) is 0 Å². The van der Waals surface area contributed by atoms with Crippen molar-refractivity contribution in [2.24, 2.45) is 11.0 Å². The second-order valence-electron chi connectivity index (χ2n) is 5.61. The first-order chi connectivity index (χ1) is 10.2. The third-order valence-corrected chi connectivity index (χ3v) is 5.20. The molecule has 1 heterocycles. The molecule has 2 aliphatic rings. The number of carbonyl (C=O) groups is 1. The predicted molar refractivity (Wildman–Crippen MR) is 83.0 cm³/mol. The fourth-order valence-corrected chi connectivity index (χ4v) is 3.95. The van der Waals surface area contributed by atoms with E-state index in [0.29, 0.717) is 0 Å². The van der Waals surface area contributed by atoms with Gasteiger partial charge < -0.3 is 0 Å². The lowest BCUT2D eigenvalue weighted by Gasteiger charge is -2.21. The molecule has 0 radical (unpaired) electrons. The highest BCUT2D eigenvalue weighted by Crippen LogP contribution is 2.30. The van der Waals surface area contributed by atoms with Gasteiger partial charge in [-0.2, -0.15) is 5.10 Å². The zero-order valence-electron chi connectivity index (χ0n) is 11.9. The summed E-state index contributed by atoms with van der Waals surface area (Å²) in [5.74, 6) is 0.755. The van der Waals surface area contributed by atoms with Crippen LogP contribution >= 0.6 is 11.8 Å². The molecule has 1 aromatic rings. The highest BCUT2D eigenvalue weighted by atomic mass is 32.2. The maximum absolute atomic E-state index is 13.4. The topological polar surface area (TPSA) is 41.5 Å². The molecule has 1 amide bonds. The van der Waals surface area contributed by atoms with Gasteiger partial charge in [0, 0.05) is 28.6 Å². The summed E-state index contributed by atoms with van der Waals surface area (Å²) in [6.07, 6.45) is 6.14. The van der Waals surface area contributed by atoms with Crippen LogP contribution < -0.4 is 5.43 Å². The van der Waals surface area contributed by atoms with Crippen LogP contribution in [0.4, 0.5) is 4.39 Å². The van der Waals surface area contributed by atoms with E-state index in [9.17, 15) is 9.18 Å². The summed E-state index contributed by atoms with van der Waals surface area (Å²) in [5, 5.41) is 4.28. The van der Waals surface area contributed by atoms with Gasteiger partial charge in [-0.05, 0) is 31.0 Å². The summed E-state index contributed by atoms with van der Waals surface area (Å²) in [6, 6.07) is 4.76. The van der Waals surface area contributed by atoms with Gasteiger partial charge >= 0.3 is 0 Å². The van der Waals surface area contributed by atoms with Crippen LogP contribution in [0.5, 0.6) is 0 Å². The SMILES string of the molecule is O=C(N/N=C1/CCSc2ccc(F)cc21)C1CCCCC1. The van der Waals surface area contributed by atoms with Crippen molar-refractivity contribution in [1.29, 1.82) is 0 Å². The molecule has 1 aliphatic carbocycles. The van der Waals surface area contributed by atoms with Gasteiger partial charge in [-0.1, -0.05) is 19.3 Å². The summed E-state index contributed by atoms with van der Waals surface area (Å²) in [7, 11) is 0. The van der Waals surface area contributed by atoms with Crippen molar-refractivity contribution < 1.29 is 9.18 Å². The summed E-state index contributed by atoms with van der Waals surface area (Å²) in [4.78, 5) is 13.2. The number of amides is 1. The van der Waals surface area contributed by atoms with E-state index in [1.165, 1.54) is 18.6 Å². The Balaban J connectivity index is 1.72. The third kappa shape index (κ3) is 3.46. The molecule has 0 bridgehead atoms. The fraction of sp³-hybridized carbons (Fsp3) is 0.500. The number of halogens is 1. The highest BCUT2D eigenvalue weighted by Gasteiger charge is 2.22. The Morgan fingerprint density at radius 2 is 2.10 bits per heavy atom. The average molecular weight is 306 g/mol. The number of hydrazone groups is 1. The van der Waals surface area contributed by atoms with Gasteiger partial charge in [0.25, 0.3) is 0 Å². The van der Waals surface area contributed by atoms with Crippen LogP contribution in [0.25, 0.3) is 0 Å². The lowest BCUT2D eigenvalue weighted by molar-refractivity contribution is -0.125. The van der Waals surface area contributed by atoms with Crippen molar-refractivity contribution in [3.63, 3.8) is 0 Å². The van der Waals surface area contributed by atoms with Crippen LogP contribution in [0.1, 0.15) is 44.1 Å². The highest BCUT2D eigenvalue weighted by molar-refractivity contribution is 7.99. The van der Waals surface area contributed by atoms with Crippen molar-refractivity contribution in [3.05, 3.63) is 29.6 Å². The zero-order chi connectivity index (χ0) is 14.7. The first kappa shape index (κ1) is 14.6. The Bertz CT molecular complexity index is 567. The standard InChI is InChI=1S/C16H19FN2OS/c17-12-6-7-15-13(10-12)14(8-9-21-15)18-19-16(20)11-4-2-1-3-5-11/h6-7,10-11H,1-5,8-9H2,(H,19,20)/b18-14-. The molecule has 1 aliphatic heterocycles. The molecule has 1 aromatic carbocycles. The van der Waals surface area contributed by atoms with Crippen LogP contribution in [-0.4, -0.2) is 17.4 Å².